The lowest BCUT2D eigenvalue weighted by molar-refractivity contribution is -0.135. The minimum atomic E-state index is -1.12. The van der Waals surface area contributed by atoms with Crippen molar-refractivity contribution in [2.75, 3.05) is 0 Å². The third kappa shape index (κ3) is 8.12. The van der Waals surface area contributed by atoms with Crippen molar-refractivity contribution in [2.24, 2.45) is 0 Å². The van der Waals surface area contributed by atoms with E-state index in [1.165, 1.54) is 55.5 Å². The van der Waals surface area contributed by atoms with Crippen LogP contribution in [0.2, 0.25) is 0 Å². The van der Waals surface area contributed by atoms with Crippen molar-refractivity contribution in [2.45, 2.75) is 46.1 Å². The number of carbonyl (C=O) groups is 4. The summed E-state index contributed by atoms with van der Waals surface area (Å²) < 4.78 is 17.2. The van der Waals surface area contributed by atoms with E-state index in [1.54, 1.807) is 0 Å². The van der Waals surface area contributed by atoms with Crippen LogP contribution >= 0.6 is 0 Å². The number of carbonyl (C=O) groups excluding carboxylic acids is 4. The molecule has 0 saturated carbocycles. The Kier molecular flexibility index (Phi) is 10.3. The minimum Gasteiger partial charge on any atom is -0.508 e. The quantitative estimate of drug-likeness (QED) is 0.108. The normalized spacial score (nSPS) is 11.4. The van der Waals surface area contributed by atoms with Crippen molar-refractivity contribution >= 4 is 23.7 Å². The van der Waals surface area contributed by atoms with Crippen molar-refractivity contribution < 1.29 is 48.7 Å². The summed E-state index contributed by atoms with van der Waals surface area (Å²) in [5, 5.41) is 30.2. The van der Waals surface area contributed by atoms with Crippen LogP contribution in [0.15, 0.2) is 78.9 Å². The van der Waals surface area contributed by atoms with Crippen molar-refractivity contribution in [3.63, 3.8) is 0 Å². The molecule has 0 spiro atoms. The molecule has 10 nitrogen and oxygen atoms in total. The molecule has 0 aliphatic rings. The number of benzene rings is 4. The summed E-state index contributed by atoms with van der Waals surface area (Å²) in [6.07, 6.45) is -1.31. The standard InChI is InChI=1S/C35H32O10/c1-20(36)19-28(41)32-30(24-10-14-26(39)15-11-24)34(43-21(2)37)35(44-22(3)38)31(25-12-16-27(40)17-13-25)33(32)45-29(42)18-9-23-7-5-4-6-8-23/h4-8,10-17,20,36,39-40H,9,18-19H2,1-3H3. The van der Waals surface area contributed by atoms with E-state index in [1.807, 2.05) is 30.3 Å². The van der Waals surface area contributed by atoms with Crippen LogP contribution in [0.5, 0.6) is 28.7 Å². The van der Waals surface area contributed by atoms with Crippen LogP contribution in [0.25, 0.3) is 22.3 Å². The lowest BCUT2D eigenvalue weighted by atomic mass is 9.88. The van der Waals surface area contributed by atoms with Gasteiger partial charge >= 0.3 is 17.9 Å². The average Bonchev–Trinajstić information content (AvgIpc) is 2.98. The van der Waals surface area contributed by atoms with Gasteiger partial charge in [0, 0.05) is 32.3 Å². The molecule has 0 bridgehead atoms. The van der Waals surface area contributed by atoms with Crippen LogP contribution in [0.4, 0.5) is 0 Å². The fraction of sp³-hybridized carbons (Fsp3) is 0.200. The molecule has 45 heavy (non-hydrogen) atoms. The zero-order chi connectivity index (χ0) is 32.7. The van der Waals surface area contributed by atoms with Crippen LogP contribution in [0.1, 0.15) is 49.5 Å². The molecule has 0 saturated heterocycles. The zero-order valence-electron chi connectivity index (χ0n) is 24.9. The number of phenolic OH excluding ortho intramolecular Hbond substituents is 2. The molecule has 0 aliphatic heterocycles. The number of ether oxygens (including phenoxy) is 3. The van der Waals surface area contributed by atoms with Gasteiger partial charge in [0.15, 0.2) is 23.0 Å². The summed E-state index contributed by atoms with van der Waals surface area (Å²) in [4.78, 5) is 52.4. The van der Waals surface area contributed by atoms with Gasteiger partial charge in [-0.2, -0.15) is 0 Å². The molecular weight excluding hydrogens is 580 g/mol. The molecular formula is C35H32O10. The number of hydrogen-bond acceptors (Lipinski definition) is 10. The molecule has 4 aromatic rings. The third-order valence-electron chi connectivity index (χ3n) is 6.60. The first-order valence-electron chi connectivity index (χ1n) is 14.1. The Bertz CT molecular complexity index is 1710. The lowest BCUT2D eigenvalue weighted by Crippen LogP contribution is -2.19. The van der Waals surface area contributed by atoms with E-state index in [-0.39, 0.29) is 63.0 Å². The molecule has 4 aromatic carbocycles. The van der Waals surface area contributed by atoms with Gasteiger partial charge in [0.25, 0.3) is 0 Å². The SMILES string of the molecule is CC(=O)Oc1c(OC(C)=O)c(-c2ccc(O)cc2)c(C(=O)CC(C)O)c(OC(=O)CCc2ccccc2)c1-c1ccc(O)cc1. The summed E-state index contributed by atoms with van der Waals surface area (Å²) in [5.74, 6) is -4.20. The molecule has 10 heteroatoms. The van der Waals surface area contributed by atoms with E-state index >= 15 is 0 Å². The Morgan fingerprint density at radius 3 is 1.64 bits per heavy atom. The molecule has 0 amide bonds. The number of aromatic hydroxyl groups is 2. The van der Waals surface area contributed by atoms with Gasteiger partial charge < -0.3 is 29.5 Å². The summed E-state index contributed by atoms with van der Waals surface area (Å²) in [6.45, 7) is 3.65. The van der Waals surface area contributed by atoms with Gasteiger partial charge in [-0.05, 0) is 54.3 Å². The van der Waals surface area contributed by atoms with Crippen LogP contribution in [-0.2, 0) is 20.8 Å². The highest BCUT2D eigenvalue weighted by Gasteiger charge is 2.35. The van der Waals surface area contributed by atoms with Crippen LogP contribution in [0.3, 0.4) is 0 Å². The number of aryl methyl sites for hydroxylation is 1. The zero-order valence-corrected chi connectivity index (χ0v) is 24.9. The maximum absolute atomic E-state index is 14.0. The van der Waals surface area contributed by atoms with Gasteiger partial charge in [-0.1, -0.05) is 54.6 Å². The fourth-order valence-corrected chi connectivity index (χ4v) is 4.75. The van der Waals surface area contributed by atoms with E-state index in [4.69, 9.17) is 14.2 Å². The Morgan fingerprint density at radius 1 is 0.667 bits per heavy atom. The largest absolute Gasteiger partial charge is 0.508 e. The van der Waals surface area contributed by atoms with Gasteiger partial charge in [-0.3, -0.25) is 19.2 Å². The molecule has 3 N–H and O–H groups in total. The van der Waals surface area contributed by atoms with Crippen molar-refractivity contribution in [3.8, 4) is 51.0 Å². The molecule has 232 valence electrons. The summed E-state index contributed by atoms with van der Waals surface area (Å²) in [6, 6.07) is 20.3. The molecule has 0 radical (unpaired) electrons. The van der Waals surface area contributed by atoms with Crippen LogP contribution in [0, 0.1) is 0 Å². The number of phenols is 2. The van der Waals surface area contributed by atoms with Crippen molar-refractivity contribution in [1.29, 1.82) is 0 Å². The lowest BCUT2D eigenvalue weighted by Gasteiger charge is -2.24. The first-order valence-corrected chi connectivity index (χ1v) is 14.1. The molecule has 0 aromatic heterocycles. The third-order valence-corrected chi connectivity index (χ3v) is 6.60. The average molecular weight is 613 g/mol. The first kappa shape index (κ1) is 32.4. The van der Waals surface area contributed by atoms with Crippen molar-refractivity contribution in [1.82, 2.24) is 0 Å². The number of aliphatic hydroxyl groups excluding tert-OH is 1. The highest BCUT2D eigenvalue weighted by molar-refractivity contribution is 6.11. The fourth-order valence-electron chi connectivity index (χ4n) is 4.75. The Morgan fingerprint density at radius 2 is 1.16 bits per heavy atom. The van der Waals surface area contributed by atoms with Crippen LogP contribution < -0.4 is 14.2 Å². The maximum atomic E-state index is 14.0. The number of aliphatic hydroxyl groups is 1. The van der Waals surface area contributed by atoms with E-state index in [9.17, 15) is 34.5 Å². The van der Waals surface area contributed by atoms with Gasteiger partial charge in [0.05, 0.1) is 17.2 Å². The second kappa shape index (κ2) is 14.3. The predicted octanol–water partition coefficient (Wildman–Crippen LogP) is 5.77. The van der Waals surface area contributed by atoms with Gasteiger partial charge in [-0.15, -0.1) is 0 Å². The molecule has 0 aliphatic carbocycles. The highest BCUT2D eigenvalue weighted by atomic mass is 16.6. The Hall–Kier alpha value is -5.48. The van der Waals surface area contributed by atoms with E-state index in [2.05, 4.69) is 0 Å². The van der Waals surface area contributed by atoms with Crippen LogP contribution in [-0.4, -0.2) is 45.1 Å². The van der Waals surface area contributed by atoms with E-state index in [0.717, 1.165) is 19.4 Å². The summed E-state index contributed by atoms with van der Waals surface area (Å²) in [7, 11) is 0. The molecule has 1 unspecified atom stereocenters. The summed E-state index contributed by atoms with van der Waals surface area (Å²) >= 11 is 0. The highest BCUT2D eigenvalue weighted by Crippen LogP contribution is 2.54. The van der Waals surface area contributed by atoms with E-state index < -0.39 is 36.2 Å². The van der Waals surface area contributed by atoms with Crippen molar-refractivity contribution in [3.05, 3.63) is 90.0 Å². The molecule has 4 rings (SSSR count). The smallest absolute Gasteiger partial charge is 0.311 e. The molecule has 0 heterocycles. The second-order valence-corrected chi connectivity index (χ2v) is 10.3. The van der Waals surface area contributed by atoms with Gasteiger partial charge in [-0.25, -0.2) is 0 Å². The van der Waals surface area contributed by atoms with Gasteiger partial charge in [0.1, 0.15) is 11.5 Å². The molecule has 1 atom stereocenters. The number of rotatable bonds is 11. The van der Waals surface area contributed by atoms with Gasteiger partial charge in [0.2, 0.25) is 0 Å². The number of ketones is 1. The number of hydrogen-bond donors (Lipinski definition) is 3. The second-order valence-electron chi connectivity index (χ2n) is 10.3. The topological polar surface area (TPSA) is 157 Å². The molecule has 0 fully saturated rings. The number of Topliss-reactive ketones (excluding diaryl/α,β-unsaturated/α-hetero) is 1. The Balaban J connectivity index is 2.11. The van der Waals surface area contributed by atoms with E-state index in [0.29, 0.717) is 6.42 Å². The summed E-state index contributed by atoms with van der Waals surface area (Å²) in [5.41, 5.74) is 0.974. The monoisotopic (exact) mass is 612 g/mol. The first-order chi connectivity index (χ1) is 21.4. The number of esters is 3. The predicted molar refractivity (Wildman–Crippen MR) is 164 cm³/mol. The Labute approximate surface area is 259 Å². The maximum Gasteiger partial charge on any atom is 0.311 e. The minimum absolute atomic E-state index is 0.0690.